The summed E-state index contributed by atoms with van der Waals surface area (Å²) in [6.07, 6.45) is 1.90. The van der Waals surface area contributed by atoms with Gasteiger partial charge in [-0.05, 0) is 25.2 Å². The molecule has 0 radical (unpaired) electrons. The standard InChI is InChI=1S/C12H17NOS/c1-3-7-13(2)8-9-15-12-6-4-5-11(14)10-12/h3-6,10,14H,1,7-9H2,2H3. The Kier molecular flexibility index (Phi) is 5.29. The molecule has 0 fully saturated rings. The minimum Gasteiger partial charge on any atom is -0.508 e. The van der Waals surface area contributed by atoms with Crippen molar-refractivity contribution in [2.45, 2.75) is 4.90 Å². The molecular weight excluding hydrogens is 206 g/mol. The first-order valence-electron chi connectivity index (χ1n) is 4.93. The zero-order valence-electron chi connectivity index (χ0n) is 9.02. The van der Waals surface area contributed by atoms with E-state index in [9.17, 15) is 5.11 Å². The molecule has 0 amide bonds. The first-order chi connectivity index (χ1) is 7.22. The zero-order chi connectivity index (χ0) is 11.1. The molecule has 2 nitrogen and oxygen atoms in total. The van der Waals surface area contributed by atoms with Crippen LogP contribution in [-0.2, 0) is 0 Å². The highest BCUT2D eigenvalue weighted by Crippen LogP contribution is 2.21. The number of phenolic OH excluding ortho intramolecular Hbond substituents is 1. The van der Waals surface area contributed by atoms with Gasteiger partial charge in [0.15, 0.2) is 0 Å². The van der Waals surface area contributed by atoms with E-state index in [0.717, 1.165) is 23.7 Å². The van der Waals surface area contributed by atoms with Crippen LogP contribution in [0.4, 0.5) is 0 Å². The molecule has 0 aliphatic carbocycles. The van der Waals surface area contributed by atoms with E-state index >= 15 is 0 Å². The van der Waals surface area contributed by atoms with Crippen molar-refractivity contribution >= 4 is 11.8 Å². The van der Waals surface area contributed by atoms with Gasteiger partial charge in [0.1, 0.15) is 5.75 Å². The van der Waals surface area contributed by atoms with Crippen LogP contribution in [0.2, 0.25) is 0 Å². The summed E-state index contributed by atoms with van der Waals surface area (Å²) in [6, 6.07) is 7.36. The average molecular weight is 223 g/mol. The number of rotatable bonds is 6. The number of likely N-dealkylation sites (N-methyl/N-ethyl adjacent to an activating group) is 1. The Morgan fingerprint density at radius 1 is 1.53 bits per heavy atom. The van der Waals surface area contributed by atoms with Gasteiger partial charge in [0.05, 0.1) is 0 Å². The minimum atomic E-state index is 0.333. The summed E-state index contributed by atoms with van der Waals surface area (Å²) in [7, 11) is 2.07. The Labute approximate surface area is 95.6 Å². The van der Waals surface area contributed by atoms with Gasteiger partial charge in [-0.25, -0.2) is 0 Å². The van der Waals surface area contributed by atoms with E-state index in [4.69, 9.17) is 0 Å². The molecule has 0 aromatic heterocycles. The number of aromatic hydroxyl groups is 1. The third-order valence-corrected chi connectivity index (χ3v) is 2.97. The largest absolute Gasteiger partial charge is 0.508 e. The van der Waals surface area contributed by atoms with Crippen LogP contribution in [0.15, 0.2) is 41.8 Å². The molecule has 1 aromatic rings. The van der Waals surface area contributed by atoms with Crippen LogP contribution in [0.5, 0.6) is 5.75 Å². The number of thioether (sulfide) groups is 1. The SMILES string of the molecule is C=CCN(C)CCSc1cccc(O)c1. The van der Waals surface area contributed by atoms with Gasteiger partial charge in [-0.15, -0.1) is 18.3 Å². The van der Waals surface area contributed by atoms with E-state index in [-0.39, 0.29) is 0 Å². The van der Waals surface area contributed by atoms with Crippen molar-refractivity contribution in [3.8, 4) is 5.75 Å². The molecule has 1 rings (SSSR count). The third-order valence-electron chi connectivity index (χ3n) is 2.00. The second-order valence-electron chi connectivity index (χ2n) is 3.40. The van der Waals surface area contributed by atoms with Crippen LogP contribution in [-0.4, -0.2) is 35.9 Å². The van der Waals surface area contributed by atoms with E-state index in [1.807, 2.05) is 18.2 Å². The van der Waals surface area contributed by atoms with Crippen LogP contribution in [0.1, 0.15) is 0 Å². The average Bonchev–Trinajstić information content (AvgIpc) is 2.18. The van der Waals surface area contributed by atoms with Gasteiger partial charge in [-0.3, -0.25) is 0 Å². The number of benzene rings is 1. The monoisotopic (exact) mass is 223 g/mol. The second kappa shape index (κ2) is 6.53. The van der Waals surface area contributed by atoms with Crippen molar-refractivity contribution in [3.05, 3.63) is 36.9 Å². The molecule has 1 N–H and O–H groups in total. The molecule has 0 aliphatic heterocycles. The van der Waals surface area contributed by atoms with Crippen LogP contribution in [0.3, 0.4) is 0 Å². The number of phenols is 1. The van der Waals surface area contributed by atoms with E-state index in [2.05, 4.69) is 18.5 Å². The molecule has 0 spiro atoms. The fourth-order valence-electron chi connectivity index (χ4n) is 1.20. The summed E-state index contributed by atoms with van der Waals surface area (Å²) in [5, 5.41) is 9.27. The topological polar surface area (TPSA) is 23.5 Å². The lowest BCUT2D eigenvalue weighted by Crippen LogP contribution is -2.20. The molecule has 3 heteroatoms. The van der Waals surface area contributed by atoms with Gasteiger partial charge in [0.2, 0.25) is 0 Å². The Balaban J connectivity index is 2.28. The Hall–Kier alpha value is -0.930. The van der Waals surface area contributed by atoms with Crippen molar-refractivity contribution in [2.24, 2.45) is 0 Å². The highest BCUT2D eigenvalue weighted by atomic mass is 32.2. The molecule has 0 unspecified atom stereocenters. The summed E-state index contributed by atoms with van der Waals surface area (Å²) in [5.41, 5.74) is 0. The van der Waals surface area contributed by atoms with E-state index < -0.39 is 0 Å². The molecule has 1 aromatic carbocycles. The predicted molar refractivity (Wildman–Crippen MR) is 66.5 cm³/mol. The van der Waals surface area contributed by atoms with E-state index in [1.165, 1.54) is 0 Å². The van der Waals surface area contributed by atoms with E-state index in [1.54, 1.807) is 23.9 Å². The maximum absolute atomic E-state index is 9.27. The van der Waals surface area contributed by atoms with Crippen molar-refractivity contribution in [2.75, 3.05) is 25.9 Å². The lowest BCUT2D eigenvalue weighted by molar-refractivity contribution is 0.396. The summed E-state index contributed by atoms with van der Waals surface area (Å²) in [4.78, 5) is 3.32. The summed E-state index contributed by atoms with van der Waals surface area (Å²) in [5.74, 6) is 1.35. The van der Waals surface area contributed by atoms with Crippen molar-refractivity contribution < 1.29 is 5.11 Å². The number of hydrogen-bond acceptors (Lipinski definition) is 3. The van der Waals surface area contributed by atoms with Gasteiger partial charge in [0, 0.05) is 23.7 Å². The Bertz CT molecular complexity index is 314. The normalized spacial score (nSPS) is 10.5. The van der Waals surface area contributed by atoms with E-state index in [0.29, 0.717) is 5.75 Å². The Morgan fingerprint density at radius 2 is 2.33 bits per heavy atom. The second-order valence-corrected chi connectivity index (χ2v) is 4.57. The summed E-state index contributed by atoms with van der Waals surface area (Å²) < 4.78 is 0. The van der Waals surface area contributed by atoms with Gasteiger partial charge >= 0.3 is 0 Å². The first kappa shape index (κ1) is 12.1. The van der Waals surface area contributed by atoms with Crippen LogP contribution < -0.4 is 0 Å². The highest BCUT2D eigenvalue weighted by Gasteiger charge is 1.98. The molecule has 0 aliphatic rings. The lowest BCUT2D eigenvalue weighted by Gasteiger charge is -2.13. The first-order valence-corrected chi connectivity index (χ1v) is 5.92. The zero-order valence-corrected chi connectivity index (χ0v) is 9.83. The van der Waals surface area contributed by atoms with Gasteiger partial charge in [0.25, 0.3) is 0 Å². The number of hydrogen-bond donors (Lipinski definition) is 1. The molecule has 15 heavy (non-hydrogen) atoms. The van der Waals surface area contributed by atoms with Crippen molar-refractivity contribution in [1.82, 2.24) is 4.90 Å². The summed E-state index contributed by atoms with van der Waals surface area (Å²) in [6.45, 7) is 5.63. The molecule has 0 saturated carbocycles. The molecule has 82 valence electrons. The molecule has 0 heterocycles. The Morgan fingerprint density at radius 3 is 3.00 bits per heavy atom. The molecule has 0 atom stereocenters. The van der Waals surface area contributed by atoms with Crippen molar-refractivity contribution in [1.29, 1.82) is 0 Å². The molecule has 0 saturated heterocycles. The smallest absolute Gasteiger partial charge is 0.116 e. The maximum atomic E-state index is 9.27. The predicted octanol–water partition coefficient (Wildman–Crippen LogP) is 2.60. The van der Waals surface area contributed by atoms with Crippen LogP contribution in [0.25, 0.3) is 0 Å². The molecule has 0 bridgehead atoms. The lowest BCUT2D eigenvalue weighted by atomic mass is 10.3. The number of nitrogens with zero attached hydrogens (tertiary/aromatic N) is 1. The fourth-order valence-corrected chi connectivity index (χ4v) is 2.22. The minimum absolute atomic E-state index is 0.333. The maximum Gasteiger partial charge on any atom is 0.116 e. The highest BCUT2D eigenvalue weighted by molar-refractivity contribution is 7.99. The van der Waals surface area contributed by atoms with Gasteiger partial charge < -0.3 is 10.0 Å². The third kappa shape index (κ3) is 4.91. The van der Waals surface area contributed by atoms with Gasteiger partial charge in [-0.2, -0.15) is 0 Å². The van der Waals surface area contributed by atoms with Gasteiger partial charge in [-0.1, -0.05) is 12.1 Å². The van der Waals surface area contributed by atoms with Crippen LogP contribution in [0, 0.1) is 0 Å². The summed E-state index contributed by atoms with van der Waals surface area (Å²) >= 11 is 1.75. The quantitative estimate of drug-likeness (QED) is 0.592. The fraction of sp³-hybridized carbons (Fsp3) is 0.333. The van der Waals surface area contributed by atoms with Crippen LogP contribution >= 0.6 is 11.8 Å². The van der Waals surface area contributed by atoms with Crippen molar-refractivity contribution in [3.63, 3.8) is 0 Å². The molecular formula is C12H17NOS.